The number of hydrazone groups is 1. The van der Waals surface area contributed by atoms with Crippen LogP contribution in [0, 0.1) is 0 Å². The molecule has 1 N–H and O–H groups in total. The Balaban J connectivity index is 2.16. The summed E-state index contributed by atoms with van der Waals surface area (Å²) >= 11 is 0. The molecule has 1 amide bonds. The van der Waals surface area contributed by atoms with Gasteiger partial charge in [0.05, 0.1) is 6.61 Å². The minimum atomic E-state index is -0.515. The number of hydrogen-bond donors (Lipinski definition) is 1. The third-order valence-corrected chi connectivity index (χ3v) is 1.93. The van der Waals surface area contributed by atoms with Gasteiger partial charge in [0, 0.05) is 6.21 Å². The van der Waals surface area contributed by atoms with Crippen LogP contribution < -0.4 is 5.43 Å². The standard InChI is InChI=1S/C12H16N2O2/c1-2-16-12(15)14-13-10-6-9-11-7-4-3-5-8-11/h3-5,7-8,10H,2,6,9H2,1H3,(H,14,15). The first-order chi connectivity index (χ1) is 7.83. The average Bonchev–Trinajstić information content (AvgIpc) is 2.30. The van der Waals surface area contributed by atoms with Crippen LogP contribution in [0.15, 0.2) is 35.4 Å². The molecule has 1 rings (SSSR count). The zero-order valence-electron chi connectivity index (χ0n) is 9.35. The van der Waals surface area contributed by atoms with Crippen molar-refractivity contribution >= 4 is 12.3 Å². The molecule has 4 heteroatoms. The van der Waals surface area contributed by atoms with Crippen LogP contribution in [0.1, 0.15) is 18.9 Å². The fraction of sp³-hybridized carbons (Fsp3) is 0.333. The second-order valence-corrected chi connectivity index (χ2v) is 3.17. The molecule has 0 aliphatic rings. The van der Waals surface area contributed by atoms with E-state index >= 15 is 0 Å². The van der Waals surface area contributed by atoms with E-state index in [-0.39, 0.29) is 0 Å². The maximum Gasteiger partial charge on any atom is 0.427 e. The Kier molecular flexibility index (Phi) is 5.70. The Morgan fingerprint density at radius 1 is 1.44 bits per heavy atom. The van der Waals surface area contributed by atoms with E-state index < -0.39 is 6.09 Å². The smallest absolute Gasteiger partial charge is 0.427 e. The van der Waals surface area contributed by atoms with Gasteiger partial charge in [0.1, 0.15) is 0 Å². The summed E-state index contributed by atoms with van der Waals surface area (Å²) in [5.74, 6) is 0. The zero-order chi connectivity index (χ0) is 11.6. The summed E-state index contributed by atoms with van der Waals surface area (Å²) in [5, 5.41) is 3.76. The number of amides is 1. The lowest BCUT2D eigenvalue weighted by molar-refractivity contribution is 0.152. The minimum absolute atomic E-state index is 0.353. The number of aryl methyl sites for hydroxylation is 1. The molecule has 0 radical (unpaired) electrons. The third kappa shape index (κ3) is 5.14. The van der Waals surface area contributed by atoms with Gasteiger partial charge in [-0.15, -0.1) is 0 Å². The number of benzene rings is 1. The summed E-state index contributed by atoms with van der Waals surface area (Å²) in [7, 11) is 0. The van der Waals surface area contributed by atoms with Crippen molar-refractivity contribution < 1.29 is 9.53 Å². The van der Waals surface area contributed by atoms with Gasteiger partial charge >= 0.3 is 6.09 Å². The van der Waals surface area contributed by atoms with E-state index in [0.29, 0.717) is 6.61 Å². The van der Waals surface area contributed by atoms with Crippen molar-refractivity contribution in [2.45, 2.75) is 19.8 Å². The highest BCUT2D eigenvalue weighted by Gasteiger charge is 1.94. The summed E-state index contributed by atoms with van der Waals surface area (Å²) in [6.07, 6.45) is 2.85. The monoisotopic (exact) mass is 220 g/mol. The van der Waals surface area contributed by atoms with Gasteiger partial charge in [-0.25, -0.2) is 10.2 Å². The number of nitrogens with zero attached hydrogens (tertiary/aromatic N) is 1. The van der Waals surface area contributed by atoms with E-state index in [1.807, 2.05) is 18.2 Å². The molecule has 0 aromatic heterocycles. The minimum Gasteiger partial charge on any atom is -0.449 e. The summed E-state index contributed by atoms with van der Waals surface area (Å²) in [6, 6.07) is 10.1. The fourth-order valence-corrected chi connectivity index (χ4v) is 1.20. The normalized spacial score (nSPS) is 10.3. The van der Waals surface area contributed by atoms with Crippen molar-refractivity contribution in [3.05, 3.63) is 35.9 Å². The van der Waals surface area contributed by atoms with Gasteiger partial charge in [0.2, 0.25) is 0 Å². The maximum atomic E-state index is 10.8. The van der Waals surface area contributed by atoms with Crippen molar-refractivity contribution in [1.82, 2.24) is 5.43 Å². The molecule has 0 saturated heterocycles. The van der Waals surface area contributed by atoms with Gasteiger partial charge < -0.3 is 4.74 Å². The van der Waals surface area contributed by atoms with Crippen LogP contribution in [-0.4, -0.2) is 18.9 Å². The van der Waals surface area contributed by atoms with Gasteiger partial charge in [-0.3, -0.25) is 0 Å². The van der Waals surface area contributed by atoms with Crippen LogP contribution in [-0.2, 0) is 11.2 Å². The molecule has 0 atom stereocenters. The molecule has 0 unspecified atom stereocenters. The van der Waals surface area contributed by atoms with E-state index in [1.54, 1.807) is 13.1 Å². The number of rotatable bonds is 5. The van der Waals surface area contributed by atoms with Gasteiger partial charge in [0.25, 0.3) is 0 Å². The van der Waals surface area contributed by atoms with E-state index in [2.05, 4.69) is 27.4 Å². The first-order valence-corrected chi connectivity index (χ1v) is 5.31. The first kappa shape index (κ1) is 12.2. The van der Waals surface area contributed by atoms with E-state index in [1.165, 1.54) is 5.56 Å². The van der Waals surface area contributed by atoms with Gasteiger partial charge in [-0.2, -0.15) is 5.10 Å². The molecule has 1 aromatic carbocycles. The average molecular weight is 220 g/mol. The molecule has 4 nitrogen and oxygen atoms in total. The van der Waals surface area contributed by atoms with E-state index in [0.717, 1.165) is 12.8 Å². The molecule has 0 spiro atoms. The quantitative estimate of drug-likeness (QED) is 0.611. The Labute approximate surface area is 95.3 Å². The molecule has 0 fully saturated rings. The van der Waals surface area contributed by atoms with E-state index in [4.69, 9.17) is 0 Å². The topological polar surface area (TPSA) is 50.7 Å². The van der Waals surface area contributed by atoms with Gasteiger partial charge in [-0.05, 0) is 25.3 Å². The molecule has 0 bridgehead atoms. The van der Waals surface area contributed by atoms with Crippen LogP contribution in [0.2, 0.25) is 0 Å². The van der Waals surface area contributed by atoms with Crippen molar-refractivity contribution in [2.75, 3.05) is 6.61 Å². The molecular formula is C12H16N2O2. The predicted molar refractivity (Wildman–Crippen MR) is 63.4 cm³/mol. The summed E-state index contributed by atoms with van der Waals surface area (Å²) in [5.41, 5.74) is 3.53. The largest absolute Gasteiger partial charge is 0.449 e. The van der Waals surface area contributed by atoms with Crippen LogP contribution >= 0.6 is 0 Å². The number of ether oxygens (including phenoxy) is 1. The molecule has 0 aliphatic heterocycles. The van der Waals surface area contributed by atoms with Crippen LogP contribution in [0.3, 0.4) is 0 Å². The number of hydrogen-bond acceptors (Lipinski definition) is 3. The second-order valence-electron chi connectivity index (χ2n) is 3.17. The second kappa shape index (κ2) is 7.45. The number of carbonyl (C=O) groups excluding carboxylic acids is 1. The maximum absolute atomic E-state index is 10.8. The predicted octanol–water partition coefficient (Wildman–Crippen LogP) is 2.35. The van der Waals surface area contributed by atoms with Crippen molar-refractivity contribution in [1.29, 1.82) is 0 Å². The van der Waals surface area contributed by atoms with Crippen molar-refractivity contribution in [2.24, 2.45) is 5.10 Å². The zero-order valence-corrected chi connectivity index (χ0v) is 9.35. The van der Waals surface area contributed by atoms with Gasteiger partial charge in [-0.1, -0.05) is 30.3 Å². The molecule has 1 aromatic rings. The van der Waals surface area contributed by atoms with Crippen molar-refractivity contribution in [3.63, 3.8) is 0 Å². The Bertz CT molecular complexity index is 336. The first-order valence-electron chi connectivity index (χ1n) is 5.31. The van der Waals surface area contributed by atoms with E-state index in [9.17, 15) is 4.79 Å². The molecule has 16 heavy (non-hydrogen) atoms. The Morgan fingerprint density at radius 3 is 2.88 bits per heavy atom. The van der Waals surface area contributed by atoms with Crippen LogP contribution in [0.5, 0.6) is 0 Å². The van der Waals surface area contributed by atoms with Gasteiger partial charge in [0.15, 0.2) is 0 Å². The highest BCUT2D eigenvalue weighted by Crippen LogP contribution is 2.00. The summed E-state index contributed by atoms with van der Waals surface area (Å²) in [6.45, 7) is 2.10. The van der Waals surface area contributed by atoms with Crippen LogP contribution in [0.25, 0.3) is 0 Å². The molecule has 0 aliphatic carbocycles. The SMILES string of the molecule is CCOC(=O)NN=CCCc1ccccc1. The highest BCUT2D eigenvalue weighted by molar-refractivity contribution is 5.69. The van der Waals surface area contributed by atoms with Crippen LogP contribution in [0.4, 0.5) is 4.79 Å². The third-order valence-electron chi connectivity index (χ3n) is 1.93. The molecule has 86 valence electrons. The lowest BCUT2D eigenvalue weighted by atomic mass is 10.1. The Hall–Kier alpha value is -1.84. The highest BCUT2D eigenvalue weighted by atomic mass is 16.5. The lowest BCUT2D eigenvalue weighted by Crippen LogP contribution is -2.18. The number of carbonyl (C=O) groups is 1. The number of nitrogens with one attached hydrogen (secondary N) is 1. The fourth-order valence-electron chi connectivity index (χ4n) is 1.20. The summed E-state index contributed by atoms with van der Waals surface area (Å²) in [4.78, 5) is 10.8. The van der Waals surface area contributed by atoms with Crippen molar-refractivity contribution in [3.8, 4) is 0 Å². The lowest BCUT2D eigenvalue weighted by Gasteiger charge is -1.99. The molecule has 0 heterocycles. The molecule has 0 saturated carbocycles. The Morgan fingerprint density at radius 2 is 2.19 bits per heavy atom. The molecular weight excluding hydrogens is 204 g/mol. The summed E-state index contributed by atoms with van der Waals surface area (Å²) < 4.78 is 4.64.